The van der Waals surface area contributed by atoms with Gasteiger partial charge in [-0.15, -0.1) is 11.3 Å². The summed E-state index contributed by atoms with van der Waals surface area (Å²) in [5, 5.41) is 1.14. The largest absolute Gasteiger partial charge is 0.300 e. The molecule has 1 heterocycles. The van der Waals surface area contributed by atoms with E-state index in [4.69, 9.17) is 0 Å². The Labute approximate surface area is 83.0 Å². The van der Waals surface area contributed by atoms with Crippen molar-refractivity contribution in [1.29, 1.82) is 0 Å². The highest BCUT2D eigenvalue weighted by Gasteiger charge is 2.05. The fourth-order valence-electron chi connectivity index (χ4n) is 1.12. The zero-order valence-electron chi connectivity index (χ0n) is 8.33. The maximum atomic E-state index is 10.8. The van der Waals surface area contributed by atoms with E-state index in [9.17, 15) is 4.79 Å². The van der Waals surface area contributed by atoms with Crippen molar-refractivity contribution in [2.75, 3.05) is 0 Å². The molecule has 72 valence electrons. The van der Waals surface area contributed by atoms with Crippen LogP contribution in [0.15, 0.2) is 6.20 Å². The van der Waals surface area contributed by atoms with Crippen molar-refractivity contribution in [1.82, 2.24) is 4.98 Å². The zero-order chi connectivity index (χ0) is 9.84. The molecule has 1 rings (SSSR count). The van der Waals surface area contributed by atoms with Gasteiger partial charge in [0.05, 0.1) is 5.01 Å². The molecule has 1 aromatic rings. The summed E-state index contributed by atoms with van der Waals surface area (Å²) in [5.74, 6) is 0.844. The number of hydrogen-bond donors (Lipinski definition) is 0. The standard InChI is InChI=1S/C10H15NOS/c1-7(2)4-10-11-6-9(13-10)5-8(3)12/h6-7H,4-5H2,1-3H3. The summed E-state index contributed by atoms with van der Waals surface area (Å²) in [7, 11) is 0. The van der Waals surface area contributed by atoms with E-state index >= 15 is 0 Å². The van der Waals surface area contributed by atoms with Gasteiger partial charge in [-0.05, 0) is 12.8 Å². The third-order valence-corrected chi connectivity index (χ3v) is 2.63. The third-order valence-electron chi connectivity index (χ3n) is 1.61. The lowest BCUT2D eigenvalue weighted by Crippen LogP contribution is -1.92. The number of Topliss-reactive ketones (excluding diaryl/α,β-unsaturated/α-hetero) is 1. The van der Waals surface area contributed by atoms with Gasteiger partial charge in [-0.3, -0.25) is 4.79 Å². The lowest BCUT2D eigenvalue weighted by Gasteiger charge is -1.98. The van der Waals surface area contributed by atoms with Crippen LogP contribution >= 0.6 is 11.3 Å². The van der Waals surface area contributed by atoms with Crippen molar-refractivity contribution >= 4 is 17.1 Å². The average molecular weight is 197 g/mol. The van der Waals surface area contributed by atoms with Crippen LogP contribution in [0.4, 0.5) is 0 Å². The smallest absolute Gasteiger partial charge is 0.135 e. The van der Waals surface area contributed by atoms with Crippen LogP contribution in [-0.2, 0) is 17.6 Å². The zero-order valence-corrected chi connectivity index (χ0v) is 9.15. The molecule has 2 nitrogen and oxygen atoms in total. The summed E-state index contributed by atoms with van der Waals surface area (Å²) in [4.78, 5) is 16.2. The first-order chi connectivity index (χ1) is 6.08. The Morgan fingerprint density at radius 3 is 2.85 bits per heavy atom. The van der Waals surface area contributed by atoms with Gasteiger partial charge in [0.15, 0.2) is 0 Å². The van der Waals surface area contributed by atoms with E-state index in [-0.39, 0.29) is 5.78 Å². The van der Waals surface area contributed by atoms with Crippen molar-refractivity contribution in [3.8, 4) is 0 Å². The minimum absolute atomic E-state index is 0.208. The molecule has 0 spiro atoms. The molecule has 0 aliphatic carbocycles. The van der Waals surface area contributed by atoms with E-state index < -0.39 is 0 Å². The predicted molar refractivity (Wildman–Crippen MR) is 55.0 cm³/mol. The van der Waals surface area contributed by atoms with Gasteiger partial charge in [-0.25, -0.2) is 4.98 Å². The second-order valence-corrected chi connectivity index (χ2v) is 4.90. The van der Waals surface area contributed by atoms with Crippen LogP contribution in [0.3, 0.4) is 0 Å². The van der Waals surface area contributed by atoms with E-state index in [0.717, 1.165) is 16.3 Å². The minimum atomic E-state index is 0.208. The van der Waals surface area contributed by atoms with Gasteiger partial charge in [-0.2, -0.15) is 0 Å². The van der Waals surface area contributed by atoms with Crippen LogP contribution in [0.2, 0.25) is 0 Å². The summed E-state index contributed by atoms with van der Waals surface area (Å²) in [5.41, 5.74) is 0. The molecule has 0 saturated heterocycles. The van der Waals surface area contributed by atoms with Gasteiger partial charge < -0.3 is 0 Å². The summed E-state index contributed by atoms with van der Waals surface area (Å²) < 4.78 is 0. The van der Waals surface area contributed by atoms with Gasteiger partial charge in [0.1, 0.15) is 5.78 Å². The Balaban J connectivity index is 2.58. The molecule has 3 heteroatoms. The Hall–Kier alpha value is -0.700. The molecule has 0 N–H and O–H groups in total. The first-order valence-corrected chi connectivity index (χ1v) is 5.32. The average Bonchev–Trinajstić information content (AvgIpc) is 2.33. The number of carbonyl (C=O) groups excluding carboxylic acids is 1. The number of carbonyl (C=O) groups is 1. The fraction of sp³-hybridized carbons (Fsp3) is 0.600. The number of thiazole rings is 1. The van der Waals surface area contributed by atoms with Crippen LogP contribution < -0.4 is 0 Å². The van der Waals surface area contributed by atoms with E-state index in [0.29, 0.717) is 12.3 Å². The first kappa shape index (κ1) is 10.4. The predicted octanol–water partition coefficient (Wildman–Crippen LogP) is 2.47. The van der Waals surface area contributed by atoms with Gasteiger partial charge in [-0.1, -0.05) is 13.8 Å². The summed E-state index contributed by atoms with van der Waals surface area (Å²) in [6.45, 7) is 5.96. The highest BCUT2D eigenvalue weighted by molar-refractivity contribution is 7.11. The lowest BCUT2D eigenvalue weighted by atomic mass is 10.1. The third kappa shape index (κ3) is 3.68. The molecular formula is C10H15NOS. The molecule has 0 amide bonds. The molecule has 0 fully saturated rings. The Bertz CT molecular complexity index is 291. The molecule has 0 radical (unpaired) electrons. The van der Waals surface area contributed by atoms with Crippen LogP contribution in [0.25, 0.3) is 0 Å². The summed E-state index contributed by atoms with van der Waals surface area (Å²) in [6.07, 6.45) is 3.38. The van der Waals surface area contributed by atoms with Crippen molar-refractivity contribution in [3.63, 3.8) is 0 Å². The molecule has 13 heavy (non-hydrogen) atoms. The fourth-order valence-corrected chi connectivity index (χ4v) is 2.32. The van der Waals surface area contributed by atoms with E-state index in [2.05, 4.69) is 18.8 Å². The SMILES string of the molecule is CC(=O)Cc1cnc(CC(C)C)s1. The van der Waals surface area contributed by atoms with Gasteiger partial charge >= 0.3 is 0 Å². The maximum Gasteiger partial charge on any atom is 0.135 e. The quantitative estimate of drug-likeness (QED) is 0.742. The molecule has 0 unspecified atom stereocenters. The molecule has 1 aromatic heterocycles. The van der Waals surface area contributed by atoms with Crippen molar-refractivity contribution in [2.24, 2.45) is 5.92 Å². The van der Waals surface area contributed by atoms with Crippen LogP contribution in [-0.4, -0.2) is 10.8 Å². The molecule has 0 aliphatic rings. The Kier molecular flexibility index (Phi) is 3.60. The minimum Gasteiger partial charge on any atom is -0.300 e. The highest BCUT2D eigenvalue weighted by Crippen LogP contribution is 2.16. The summed E-state index contributed by atoms with van der Waals surface area (Å²) in [6, 6.07) is 0. The number of rotatable bonds is 4. The Morgan fingerprint density at radius 2 is 2.31 bits per heavy atom. The van der Waals surface area contributed by atoms with E-state index in [1.54, 1.807) is 18.3 Å². The number of hydrogen-bond acceptors (Lipinski definition) is 3. The van der Waals surface area contributed by atoms with E-state index in [1.807, 2.05) is 6.20 Å². The first-order valence-electron chi connectivity index (χ1n) is 4.51. The van der Waals surface area contributed by atoms with Crippen molar-refractivity contribution in [2.45, 2.75) is 33.6 Å². The van der Waals surface area contributed by atoms with Crippen LogP contribution in [0.5, 0.6) is 0 Å². The summed E-state index contributed by atoms with van der Waals surface area (Å²) >= 11 is 1.66. The molecule has 0 saturated carbocycles. The van der Waals surface area contributed by atoms with Crippen LogP contribution in [0.1, 0.15) is 30.7 Å². The van der Waals surface area contributed by atoms with Crippen LogP contribution in [0, 0.1) is 5.92 Å². The molecular weight excluding hydrogens is 182 g/mol. The van der Waals surface area contributed by atoms with Gasteiger partial charge in [0.2, 0.25) is 0 Å². The highest BCUT2D eigenvalue weighted by atomic mass is 32.1. The molecule has 0 atom stereocenters. The second-order valence-electron chi connectivity index (χ2n) is 3.70. The molecule has 0 aromatic carbocycles. The van der Waals surface area contributed by atoms with Gasteiger partial charge in [0.25, 0.3) is 0 Å². The topological polar surface area (TPSA) is 30.0 Å². The molecule has 0 bridgehead atoms. The normalized spacial score (nSPS) is 10.8. The maximum absolute atomic E-state index is 10.8. The van der Waals surface area contributed by atoms with Gasteiger partial charge in [0, 0.05) is 23.9 Å². The number of aromatic nitrogens is 1. The van der Waals surface area contributed by atoms with E-state index in [1.165, 1.54) is 0 Å². The monoisotopic (exact) mass is 197 g/mol. The molecule has 0 aliphatic heterocycles. The van der Waals surface area contributed by atoms with Crippen molar-refractivity contribution in [3.05, 3.63) is 16.1 Å². The van der Waals surface area contributed by atoms with Crippen molar-refractivity contribution < 1.29 is 4.79 Å². The number of ketones is 1. The lowest BCUT2D eigenvalue weighted by molar-refractivity contribution is -0.116. The second kappa shape index (κ2) is 4.51. The Morgan fingerprint density at radius 1 is 1.62 bits per heavy atom. The number of nitrogens with zero attached hydrogens (tertiary/aromatic N) is 1.